The largest absolute Gasteiger partial charge is 0.414 e. The topological polar surface area (TPSA) is 74.2 Å². The summed E-state index contributed by atoms with van der Waals surface area (Å²) >= 11 is 1.05. The van der Waals surface area contributed by atoms with Crippen LogP contribution in [0.5, 0.6) is 0 Å². The first-order chi connectivity index (χ1) is 7.81. The Bertz CT molecular complexity index is 391. The van der Waals surface area contributed by atoms with Crippen molar-refractivity contribution in [1.29, 1.82) is 0 Å². The predicted molar refractivity (Wildman–Crippen MR) is 60.0 cm³/mol. The molecule has 1 aliphatic rings. The summed E-state index contributed by atoms with van der Waals surface area (Å²) in [5.41, 5.74) is 5.30. The zero-order valence-corrected chi connectivity index (χ0v) is 9.88. The van der Waals surface area contributed by atoms with E-state index < -0.39 is 12.2 Å². The molecule has 0 aliphatic carbocycles. The van der Waals surface area contributed by atoms with E-state index in [1.165, 1.54) is 11.9 Å². The van der Waals surface area contributed by atoms with Gasteiger partial charge in [-0.05, 0) is 12.3 Å². The molecule has 1 unspecified atom stereocenters. The van der Waals surface area contributed by atoms with Crippen LogP contribution in [0.2, 0.25) is 0 Å². The summed E-state index contributed by atoms with van der Waals surface area (Å²) in [5, 5.41) is 11.4. The van der Waals surface area contributed by atoms with E-state index in [0.717, 1.165) is 17.8 Å². The minimum absolute atomic E-state index is 0.0193. The van der Waals surface area contributed by atoms with E-state index in [0.29, 0.717) is 0 Å². The molecule has 5 nitrogen and oxygen atoms in total. The summed E-state index contributed by atoms with van der Waals surface area (Å²) in [6.07, 6.45) is -2.09. The van der Waals surface area contributed by atoms with Gasteiger partial charge in [-0.3, -0.25) is 0 Å². The molecule has 0 spiro atoms. The smallest absolute Gasteiger partial charge is 0.409 e. The van der Waals surface area contributed by atoms with E-state index in [1.54, 1.807) is 6.26 Å². The van der Waals surface area contributed by atoms with Gasteiger partial charge in [0.15, 0.2) is 17.0 Å². The number of hydrogen-bond acceptors (Lipinski definition) is 5. The molecule has 0 radical (unpaired) electrons. The number of nitrogens with zero attached hydrogens (tertiary/aromatic N) is 3. The predicted octanol–water partition coefficient (Wildman–Crippen LogP) is 1.21. The first kappa shape index (κ1) is 13.7. The Kier molecular flexibility index (Phi) is 3.91. The molecular weight excluding hydrogens is 257 g/mol. The lowest BCUT2D eigenvalue weighted by molar-refractivity contribution is -0.136. The molecule has 96 valence electrons. The van der Waals surface area contributed by atoms with Gasteiger partial charge >= 0.3 is 6.18 Å². The van der Waals surface area contributed by atoms with Crippen LogP contribution in [-0.4, -0.2) is 46.6 Å². The second-order valence-electron chi connectivity index (χ2n) is 3.20. The summed E-state index contributed by atoms with van der Waals surface area (Å²) in [7, 11) is 1.49. The molecule has 17 heavy (non-hydrogen) atoms. The monoisotopic (exact) mass is 268 g/mol. The minimum atomic E-state index is -4.50. The fraction of sp³-hybridized carbons (Fsp3) is 0.500. The third kappa shape index (κ3) is 2.84. The van der Waals surface area contributed by atoms with Crippen LogP contribution in [0.15, 0.2) is 21.9 Å². The number of halogens is 3. The van der Waals surface area contributed by atoms with E-state index in [-0.39, 0.29) is 16.7 Å². The lowest BCUT2D eigenvalue weighted by Crippen LogP contribution is -2.40. The first-order valence-electron chi connectivity index (χ1n) is 4.43. The molecule has 0 fully saturated rings. The number of thioether (sulfide) groups is 1. The summed E-state index contributed by atoms with van der Waals surface area (Å²) < 4.78 is 37.8. The van der Waals surface area contributed by atoms with Crippen LogP contribution in [0.25, 0.3) is 0 Å². The van der Waals surface area contributed by atoms with E-state index in [9.17, 15) is 13.2 Å². The SMILES string of the molecule is CSC1=NC(C(F)(F)F)C=C(C(N)=NO)N1C. The van der Waals surface area contributed by atoms with Crippen molar-refractivity contribution in [1.82, 2.24) is 4.90 Å². The summed E-state index contributed by atoms with van der Waals surface area (Å²) in [6.45, 7) is 0. The third-order valence-corrected chi connectivity index (χ3v) is 2.85. The number of nitrogens with two attached hydrogens (primary N) is 1. The number of oxime groups is 1. The van der Waals surface area contributed by atoms with Crippen LogP contribution >= 0.6 is 11.8 Å². The molecule has 1 atom stereocenters. The highest BCUT2D eigenvalue weighted by molar-refractivity contribution is 8.13. The van der Waals surface area contributed by atoms with Crippen LogP contribution in [0.3, 0.4) is 0 Å². The zero-order chi connectivity index (χ0) is 13.2. The quantitative estimate of drug-likeness (QED) is 0.324. The number of aliphatic imine (C=N–C) groups is 1. The lowest BCUT2D eigenvalue weighted by Gasteiger charge is -2.29. The molecule has 9 heteroatoms. The van der Waals surface area contributed by atoms with Crippen LogP contribution in [0.4, 0.5) is 13.2 Å². The van der Waals surface area contributed by atoms with Gasteiger partial charge in [0, 0.05) is 7.05 Å². The molecular formula is C8H11F3N4OS. The number of alkyl halides is 3. The average molecular weight is 268 g/mol. The molecule has 0 saturated carbocycles. The van der Waals surface area contributed by atoms with Crippen molar-refractivity contribution in [2.24, 2.45) is 15.9 Å². The van der Waals surface area contributed by atoms with Gasteiger partial charge in [0.1, 0.15) is 0 Å². The van der Waals surface area contributed by atoms with Crippen LogP contribution in [0, 0.1) is 0 Å². The lowest BCUT2D eigenvalue weighted by atomic mass is 10.2. The summed E-state index contributed by atoms with van der Waals surface area (Å²) in [4.78, 5) is 4.87. The van der Waals surface area contributed by atoms with Crippen molar-refractivity contribution in [3.63, 3.8) is 0 Å². The standard InChI is InChI=1S/C8H11F3N4OS/c1-15-4(6(12)14-16)3-5(8(9,10)11)13-7(15)17-2/h3,5,16H,1-2H3,(H2,12,14). The van der Waals surface area contributed by atoms with Crippen molar-refractivity contribution < 1.29 is 18.4 Å². The fourth-order valence-corrected chi connectivity index (χ4v) is 1.86. The molecule has 1 heterocycles. The Balaban J connectivity index is 3.18. The van der Waals surface area contributed by atoms with Crippen LogP contribution < -0.4 is 5.73 Å². The third-order valence-electron chi connectivity index (χ3n) is 2.10. The van der Waals surface area contributed by atoms with Gasteiger partial charge in [0.2, 0.25) is 0 Å². The van der Waals surface area contributed by atoms with Crippen LogP contribution in [-0.2, 0) is 0 Å². The van der Waals surface area contributed by atoms with Gasteiger partial charge in [-0.25, -0.2) is 4.99 Å². The van der Waals surface area contributed by atoms with Gasteiger partial charge in [-0.2, -0.15) is 13.2 Å². The normalized spacial score (nSPS) is 22.3. The van der Waals surface area contributed by atoms with E-state index in [1.807, 2.05) is 0 Å². The molecule has 1 aliphatic heterocycles. The summed E-state index contributed by atoms with van der Waals surface area (Å²) in [5.74, 6) is -0.386. The Labute approximate surface area is 99.9 Å². The second kappa shape index (κ2) is 4.86. The zero-order valence-electron chi connectivity index (χ0n) is 9.06. The number of amidine groups is 2. The molecule has 0 amide bonds. The highest BCUT2D eigenvalue weighted by Crippen LogP contribution is 2.29. The van der Waals surface area contributed by atoms with Crippen molar-refractivity contribution in [3.05, 3.63) is 11.8 Å². The van der Waals surface area contributed by atoms with Gasteiger partial charge in [-0.1, -0.05) is 16.9 Å². The highest BCUT2D eigenvalue weighted by Gasteiger charge is 2.41. The molecule has 0 aromatic carbocycles. The van der Waals surface area contributed by atoms with E-state index in [4.69, 9.17) is 10.9 Å². The molecule has 0 saturated heterocycles. The van der Waals surface area contributed by atoms with Crippen molar-refractivity contribution >= 4 is 22.8 Å². The van der Waals surface area contributed by atoms with Gasteiger partial charge in [0.25, 0.3) is 0 Å². The van der Waals surface area contributed by atoms with Crippen LogP contribution in [0.1, 0.15) is 0 Å². The van der Waals surface area contributed by atoms with E-state index in [2.05, 4.69) is 10.1 Å². The first-order valence-corrected chi connectivity index (χ1v) is 5.65. The van der Waals surface area contributed by atoms with Crippen molar-refractivity contribution in [2.45, 2.75) is 12.2 Å². The number of likely N-dealkylation sites (N-methyl/N-ethyl adjacent to an activating group) is 1. The molecule has 0 bridgehead atoms. The Morgan fingerprint density at radius 1 is 1.65 bits per heavy atom. The summed E-state index contributed by atoms with van der Waals surface area (Å²) in [6, 6.07) is -1.98. The van der Waals surface area contributed by atoms with Crippen molar-refractivity contribution in [3.8, 4) is 0 Å². The van der Waals surface area contributed by atoms with Gasteiger partial charge < -0.3 is 15.8 Å². The van der Waals surface area contributed by atoms with Gasteiger partial charge in [0.05, 0.1) is 5.70 Å². The van der Waals surface area contributed by atoms with Crippen molar-refractivity contribution in [2.75, 3.05) is 13.3 Å². The maximum Gasteiger partial charge on any atom is 0.414 e. The molecule has 0 aromatic heterocycles. The average Bonchev–Trinajstić information content (AvgIpc) is 2.26. The molecule has 0 aromatic rings. The Morgan fingerprint density at radius 3 is 2.65 bits per heavy atom. The van der Waals surface area contributed by atoms with Gasteiger partial charge in [-0.15, -0.1) is 0 Å². The Hall–Kier alpha value is -1.38. The molecule has 3 N–H and O–H groups in total. The Morgan fingerprint density at radius 2 is 2.24 bits per heavy atom. The maximum absolute atomic E-state index is 12.6. The number of hydrogen-bond donors (Lipinski definition) is 2. The minimum Gasteiger partial charge on any atom is -0.409 e. The maximum atomic E-state index is 12.6. The second-order valence-corrected chi connectivity index (χ2v) is 3.97. The fourth-order valence-electron chi connectivity index (χ4n) is 1.27. The number of rotatable bonds is 1. The van der Waals surface area contributed by atoms with E-state index >= 15 is 0 Å². The molecule has 1 rings (SSSR count). The highest BCUT2D eigenvalue weighted by atomic mass is 32.2.